The zero-order chi connectivity index (χ0) is 19.7. The number of fused-ring (bicyclic) bond motifs is 8. The van der Waals surface area contributed by atoms with Crippen molar-refractivity contribution in [2.75, 3.05) is 0 Å². The van der Waals surface area contributed by atoms with Gasteiger partial charge in [0.2, 0.25) is 0 Å². The van der Waals surface area contributed by atoms with Crippen LogP contribution in [0.25, 0.3) is 65.3 Å². The fraction of sp³-hybridized carbons (Fsp3) is 0. The highest BCUT2D eigenvalue weighted by Crippen LogP contribution is 2.45. The van der Waals surface area contributed by atoms with E-state index in [4.69, 9.17) is 0 Å². The number of hydrogen-bond donors (Lipinski definition) is 0. The summed E-state index contributed by atoms with van der Waals surface area (Å²) in [4.78, 5) is 0. The fourth-order valence-electron chi connectivity index (χ4n) is 4.99. The monoisotopic (exact) mass is 378 g/mol. The zero-order valence-electron chi connectivity index (χ0n) is 16.4. The van der Waals surface area contributed by atoms with Gasteiger partial charge in [-0.2, -0.15) is 0 Å². The SMILES string of the molecule is c1ccc(-c2ccc3c(c2)c2cc4c5ccc(-c6ccccc6)cc5c4cc32)cc1. The van der Waals surface area contributed by atoms with Crippen molar-refractivity contribution in [2.24, 2.45) is 0 Å². The second-order valence-corrected chi connectivity index (χ2v) is 8.20. The third-order valence-corrected chi connectivity index (χ3v) is 6.57. The molecule has 7 aromatic rings. The molecule has 7 rings (SSSR count). The van der Waals surface area contributed by atoms with E-state index in [0.717, 1.165) is 0 Å². The predicted molar refractivity (Wildman–Crippen MR) is 130 cm³/mol. The first kappa shape index (κ1) is 16.0. The summed E-state index contributed by atoms with van der Waals surface area (Å²) in [7, 11) is 0. The van der Waals surface area contributed by atoms with Gasteiger partial charge in [-0.25, -0.2) is 0 Å². The van der Waals surface area contributed by atoms with E-state index in [1.165, 1.54) is 65.3 Å². The lowest BCUT2D eigenvalue weighted by atomic mass is 9.84. The van der Waals surface area contributed by atoms with Crippen LogP contribution in [0.2, 0.25) is 0 Å². The molecule has 0 N–H and O–H groups in total. The van der Waals surface area contributed by atoms with Crippen molar-refractivity contribution in [3.63, 3.8) is 0 Å². The first-order valence-corrected chi connectivity index (χ1v) is 10.5. The van der Waals surface area contributed by atoms with E-state index in [1.807, 2.05) is 0 Å². The Bertz CT molecular complexity index is 1530. The van der Waals surface area contributed by atoms with Crippen molar-refractivity contribution in [3.8, 4) is 22.3 Å². The minimum atomic E-state index is 1.27. The normalized spacial score (nSPS) is 12.0. The molecule has 0 amide bonds. The molecule has 0 aliphatic carbocycles. The lowest BCUT2D eigenvalue weighted by Crippen LogP contribution is -1.91. The summed E-state index contributed by atoms with van der Waals surface area (Å²) in [6.45, 7) is 0. The van der Waals surface area contributed by atoms with Gasteiger partial charge >= 0.3 is 0 Å². The Hall–Kier alpha value is -3.90. The molecule has 0 heterocycles. The van der Waals surface area contributed by atoms with Crippen LogP contribution in [-0.2, 0) is 0 Å². The van der Waals surface area contributed by atoms with Gasteiger partial charge in [-0.05, 0) is 89.6 Å². The van der Waals surface area contributed by atoms with E-state index >= 15 is 0 Å². The largest absolute Gasteiger partial charge is 0.0622 e. The van der Waals surface area contributed by atoms with Crippen LogP contribution < -0.4 is 0 Å². The van der Waals surface area contributed by atoms with Gasteiger partial charge in [0.25, 0.3) is 0 Å². The molecule has 0 saturated heterocycles. The molecule has 0 atom stereocenters. The zero-order valence-corrected chi connectivity index (χ0v) is 16.4. The molecule has 0 bridgehead atoms. The van der Waals surface area contributed by atoms with Crippen molar-refractivity contribution < 1.29 is 0 Å². The number of hydrogen-bond acceptors (Lipinski definition) is 0. The van der Waals surface area contributed by atoms with E-state index in [9.17, 15) is 0 Å². The third-order valence-electron chi connectivity index (χ3n) is 6.57. The highest BCUT2D eigenvalue weighted by molar-refractivity contribution is 6.35. The van der Waals surface area contributed by atoms with Crippen molar-refractivity contribution in [3.05, 3.63) is 109 Å². The highest BCUT2D eigenvalue weighted by Gasteiger charge is 2.17. The molecule has 0 unspecified atom stereocenters. The second kappa shape index (κ2) is 5.81. The lowest BCUT2D eigenvalue weighted by Gasteiger charge is -2.19. The molecule has 30 heavy (non-hydrogen) atoms. The average Bonchev–Trinajstić information content (AvgIpc) is 2.81. The van der Waals surface area contributed by atoms with Gasteiger partial charge in [-0.1, -0.05) is 84.9 Å². The van der Waals surface area contributed by atoms with Crippen LogP contribution in [0, 0.1) is 0 Å². The first-order chi connectivity index (χ1) is 14.9. The smallest absolute Gasteiger partial charge is 0.00921 e. The Balaban J connectivity index is 1.41. The van der Waals surface area contributed by atoms with Crippen LogP contribution in [0.3, 0.4) is 0 Å². The molecule has 0 fully saturated rings. The molecule has 138 valence electrons. The summed E-state index contributed by atoms with van der Waals surface area (Å²) >= 11 is 0. The highest BCUT2D eigenvalue weighted by atomic mass is 14.2. The molecular weight excluding hydrogens is 360 g/mol. The van der Waals surface area contributed by atoms with Crippen molar-refractivity contribution in [1.29, 1.82) is 0 Å². The van der Waals surface area contributed by atoms with Gasteiger partial charge in [0.15, 0.2) is 0 Å². The Labute approximate surface area is 174 Å². The van der Waals surface area contributed by atoms with Gasteiger partial charge in [-0.15, -0.1) is 0 Å². The molecule has 0 heteroatoms. The molecule has 0 aliphatic rings. The molecule has 0 nitrogen and oxygen atoms in total. The van der Waals surface area contributed by atoms with Crippen molar-refractivity contribution >= 4 is 43.1 Å². The van der Waals surface area contributed by atoms with Crippen LogP contribution in [0.1, 0.15) is 0 Å². The molecule has 0 aliphatic heterocycles. The Morgan fingerprint density at radius 1 is 0.233 bits per heavy atom. The summed E-state index contributed by atoms with van der Waals surface area (Å²) in [5.74, 6) is 0. The summed E-state index contributed by atoms with van der Waals surface area (Å²) in [5, 5.41) is 11.1. The van der Waals surface area contributed by atoms with Crippen molar-refractivity contribution in [1.82, 2.24) is 0 Å². The molecule has 0 spiro atoms. The van der Waals surface area contributed by atoms with Crippen LogP contribution in [0.4, 0.5) is 0 Å². The topological polar surface area (TPSA) is 0 Å². The summed E-state index contributed by atoms with van der Waals surface area (Å²) in [6, 6.07) is 39.8. The standard InChI is InChI=1S/C30H18/c1-3-7-19(8-4-1)21-11-13-23-25(15-21)29-17-28-24-14-12-22(20-9-5-2-6-10-20)16-26(24)30(28)18-27(23)29/h1-18H. The maximum Gasteiger partial charge on any atom is -0.00921 e. The fourth-order valence-corrected chi connectivity index (χ4v) is 4.99. The van der Waals surface area contributed by atoms with E-state index in [2.05, 4.69) is 109 Å². The average molecular weight is 378 g/mol. The minimum absolute atomic E-state index is 1.27. The van der Waals surface area contributed by atoms with Crippen LogP contribution >= 0.6 is 0 Å². The van der Waals surface area contributed by atoms with Crippen molar-refractivity contribution in [2.45, 2.75) is 0 Å². The molecule has 0 radical (unpaired) electrons. The van der Waals surface area contributed by atoms with E-state index < -0.39 is 0 Å². The molecule has 0 aromatic heterocycles. The van der Waals surface area contributed by atoms with Crippen LogP contribution in [-0.4, -0.2) is 0 Å². The second-order valence-electron chi connectivity index (χ2n) is 8.20. The molecule has 0 saturated carbocycles. The van der Waals surface area contributed by atoms with E-state index in [0.29, 0.717) is 0 Å². The van der Waals surface area contributed by atoms with Crippen LogP contribution in [0.15, 0.2) is 109 Å². The third kappa shape index (κ3) is 2.11. The van der Waals surface area contributed by atoms with Crippen LogP contribution in [0.5, 0.6) is 0 Å². The van der Waals surface area contributed by atoms with Gasteiger partial charge in [0, 0.05) is 0 Å². The Morgan fingerprint density at radius 2 is 0.600 bits per heavy atom. The number of benzene rings is 5. The maximum atomic E-state index is 2.40. The molecular formula is C30H18. The van der Waals surface area contributed by atoms with Gasteiger partial charge in [0.1, 0.15) is 0 Å². The Morgan fingerprint density at radius 3 is 1.03 bits per heavy atom. The van der Waals surface area contributed by atoms with Gasteiger partial charge in [0.05, 0.1) is 0 Å². The van der Waals surface area contributed by atoms with Gasteiger partial charge < -0.3 is 0 Å². The Kier molecular flexibility index (Phi) is 3.09. The van der Waals surface area contributed by atoms with E-state index in [-0.39, 0.29) is 0 Å². The predicted octanol–water partition coefficient (Wildman–Crippen LogP) is 8.51. The summed E-state index contributed by atoms with van der Waals surface area (Å²) in [6.07, 6.45) is 0. The first-order valence-electron chi connectivity index (χ1n) is 10.5. The summed E-state index contributed by atoms with van der Waals surface area (Å²) < 4.78 is 0. The quantitative estimate of drug-likeness (QED) is 0.283. The van der Waals surface area contributed by atoms with E-state index in [1.54, 1.807) is 0 Å². The molecule has 7 aromatic carbocycles. The lowest BCUT2D eigenvalue weighted by molar-refractivity contribution is 1.65. The van der Waals surface area contributed by atoms with Gasteiger partial charge in [-0.3, -0.25) is 0 Å². The number of rotatable bonds is 2. The minimum Gasteiger partial charge on any atom is -0.0622 e. The maximum absolute atomic E-state index is 2.40. The summed E-state index contributed by atoms with van der Waals surface area (Å²) in [5.41, 5.74) is 5.12.